The molecule has 1 N–H and O–H groups in total. The van der Waals surface area contributed by atoms with Gasteiger partial charge in [-0.2, -0.15) is 0 Å². The summed E-state index contributed by atoms with van der Waals surface area (Å²) >= 11 is 0. The average molecular weight is 247 g/mol. The van der Waals surface area contributed by atoms with Crippen molar-refractivity contribution in [3.8, 4) is 0 Å². The molecule has 1 aliphatic heterocycles. The minimum Gasteiger partial charge on any atom is -0.370 e. The van der Waals surface area contributed by atoms with E-state index in [1.165, 1.54) is 17.7 Å². The van der Waals surface area contributed by atoms with E-state index in [0.29, 0.717) is 0 Å². The lowest BCUT2D eigenvalue weighted by Gasteiger charge is -2.24. The molecule has 0 bridgehead atoms. The zero-order valence-electron chi connectivity index (χ0n) is 11.0. The molecule has 0 spiro atoms. The number of hydrogen-bond acceptors (Lipinski definition) is 4. The first-order valence-corrected chi connectivity index (χ1v) is 6.97. The van der Waals surface area contributed by atoms with E-state index in [-0.39, 0.29) is 6.10 Å². The minimum atomic E-state index is 0.144. The lowest BCUT2D eigenvalue weighted by molar-refractivity contribution is 0.104. The van der Waals surface area contributed by atoms with Crippen LogP contribution < -0.4 is 5.32 Å². The first kappa shape index (κ1) is 12.1. The van der Waals surface area contributed by atoms with Crippen LogP contribution in [0, 0.1) is 5.92 Å². The summed E-state index contributed by atoms with van der Waals surface area (Å²) in [6, 6.07) is 0. The highest BCUT2D eigenvalue weighted by Crippen LogP contribution is 2.29. The highest BCUT2D eigenvalue weighted by Gasteiger charge is 2.24. The van der Waals surface area contributed by atoms with Crippen LogP contribution in [0.2, 0.25) is 0 Å². The topological polar surface area (TPSA) is 47.0 Å². The van der Waals surface area contributed by atoms with Crippen LogP contribution in [0.25, 0.3) is 0 Å². The second kappa shape index (κ2) is 5.33. The molecular formula is C14H21N3O. The highest BCUT2D eigenvalue weighted by atomic mass is 16.5. The fourth-order valence-electron chi connectivity index (χ4n) is 3.00. The largest absolute Gasteiger partial charge is 0.370 e. The maximum absolute atomic E-state index is 5.65. The molecule has 1 aromatic heterocycles. The molecule has 0 radical (unpaired) electrons. The van der Waals surface area contributed by atoms with Crippen molar-refractivity contribution in [2.75, 3.05) is 20.2 Å². The van der Waals surface area contributed by atoms with Crippen molar-refractivity contribution < 1.29 is 4.74 Å². The van der Waals surface area contributed by atoms with Gasteiger partial charge in [0.25, 0.3) is 0 Å². The van der Waals surface area contributed by atoms with Crippen LogP contribution in [0.4, 0.5) is 0 Å². The van der Waals surface area contributed by atoms with Crippen molar-refractivity contribution in [2.45, 2.75) is 38.2 Å². The Bertz CT molecular complexity index is 416. The third-order valence-corrected chi connectivity index (χ3v) is 3.98. The van der Waals surface area contributed by atoms with E-state index in [4.69, 9.17) is 9.72 Å². The van der Waals surface area contributed by atoms with E-state index in [1.54, 1.807) is 0 Å². The van der Waals surface area contributed by atoms with Crippen LogP contribution in [0.5, 0.6) is 0 Å². The maximum Gasteiger partial charge on any atom is 0.157 e. The van der Waals surface area contributed by atoms with Crippen molar-refractivity contribution in [1.82, 2.24) is 15.3 Å². The lowest BCUT2D eigenvalue weighted by Crippen LogP contribution is -2.26. The third kappa shape index (κ3) is 2.40. The Labute approximate surface area is 108 Å². The van der Waals surface area contributed by atoms with E-state index in [1.807, 2.05) is 13.2 Å². The van der Waals surface area contributed by atoms with Gasteiger partial charge in [-0.15, -0.1) is 0 Å². The molecule has 4 heteroatoms. The molecule has 2 unspecified atom stereocenters. The number of fused-ring (bicyclic) bond motifs is 1. The smallest absolute Gasteiger partial charge is 0.157 e. The average Bonchev–Trinajstić information content (AvgIpc) is 2.92. The van der Waals surface area contributed by atoms with Gasteiger partial charge in [0.2, 0.25) is 0 Å². The number of aromatic nitrogens is 2. The van der Waals surface area contributed by atoms with Gasteiger partial charge in [0.15, 0.2) is 5.82 Å². The molecule has 1 aromatic rings. The summed E-state index contributed by atoms with van der Waals surface area (Å²) < 4.78 is 5.65. The Morgan fingerprint density at radius 1 is 1.44 bits per heavy atom. The molecule has 2 atom stereocenters. The summed E-state index contributed by atoms with van der Waals surface area (Å²) in [5, 5.41) is 3.26. The van der Waals surface area contributed by atoms with E-state index in [0.717, 1.165) is 50.6 Å². The molecule has 0 saturated carbocycles. The minimum absolute atomic E-state index is 0.144. The fraction of sp³-hybridized carbons (Fsp3) is 0.714. The van der Waals surface area contributed by atoms with Crippen LogP contribution in [0.15, 0.2) is 6.20 Å². The monoisotopic (exact) mass is 247 g/mol. The number of hydrogen-bond donors (Lipinski definition) is 1. The number of nitrogens with zero attached hydrogens (tertiary/aromatic N) is 2. The number of aryl methyl sites for hydroxylation is 1. The van der Waals surface area contributed by atoms with E-state index in [2.05, 4.69) is 10.3 Å². The quantitative estimate of drug-likeness (QED) is 0.882. The van der Waals surface area contributed by atoms with Gasteiger partial charge >= 0.3 is 0 Å². The molecule has 0 aromatic carbocycles. The molecule has 3 rings (SSSR count). The second-order valence-corrected chi connectivity index (χ2v) is 5.37. The van der Waals surface area contributed by atoms with E-state index >= 15 is 0 Å². The molecule has 2 heterocycles. The predicted molar refractivity (Wildman–Crippen MR) is 69.4 cm³/mol. The van der Waals surface area contributed by atoms with Crippen molar-refractivity contribution in [2.24, 2.45) is 5.92 Å². The zero-order valence-corrected chi connectivity index (χ0v) is 11.0. The summed E-state index contributed by atoms with van der Waals surface area (Å²) in [5.41, 5.74) is 2.59. The summed E-state index contributed by atoms with van der Waals surface area (Å²) in [7, 11) is 2.02. The number of ether oxygens (including phenoxy) is 1. The molecular weight excluding hydrogens is 226 g/mol. The van der Waals surface area contributed by atoms with Gasteiger partial charge in [-0.25, -0.2) is 9.97 Å². The normalized spacial score (nSPS) is 27.2. The van der Waals surface area contributed by atoms with Crippen LogP contribution in [-0.2, 0) is 17.6 Å². The fourth-order valence-corrected chi connectivity index (χ4v) is 3.00. The van der Waals surface area contributed by atoms with Crippen molar-refractivity contribution >= 4 is 0 Å². The predicted octanol–water partition coefficient (Wildman–Crippen LogP) is 1.65. The van der Waals surface area contributed by atoms with E-state index < -0.39 is 0 Å². The number of rotatable bonds is 3. The Morgan fingerprint density at radius 2 is 2.39 bits per heavy atom. The van der Waals surface area contributed by atoms with Gasteiger partial charge in [0.05, 0.1) is 0 Å². The summed E-state index contributed by atoms with van der Waals surface area (Å²) in [6.07, 6.45) is 7.81. The molecule has 4 nitrogen and oxygen atoms in total. The molecule has 1 fully saturated rings. The second-order valence-electron chi connectivity index (χ2n) is 5.37. The standard InChI is InChI=1S/C14H21N3O/c1-15-8-10-4-5-12-11(7-10)9-16-14(17-12)13-3-2-6-18-13/h9-10,13,15H,2-8H2,1H3. The van der Waals surface area contributed by atoms with Crippen LogP contribution >= 0.6 is 0 Å². The van der Waals surface area contributed by atoms with Crippen molar-refractivity contribution in [3.63, 3.8) is 0 Å². The van der Waals surface area contributed by atoms with Gasteiger partial charge in [0, 0.05) is 18.5 Å². The van der Waals surface area contributed by atoms with Crippen LogP contribution in [0.3, 0.4) is 0 Å². The first-order valence-electron chi connectivity index (χ1n) is 6.97. The Balaban J connectivity index is 1.76. The Morgan fingerprint density at radius 3 is 3.17 bits per heavy atom. The molecule has 1 saturated heterocycles. The van der Waals surface area contributed by atoms with Gasteiger partial charge < -0.3 is 10.1 Å². The van der Waals surface area contributed by atoms with Gasteiger partial charge in [-0.05, 0) is 57.2 Å². The van der Waals surface area contributed by atoms with Gasteiger partial charge in [0.1, 0.15) is 6.10 Å². The first-order chi connectivity index (χ1) is 8.86. The lowest BCUT2D eigenvalue weighted by atomic mass is 9.87. The molecule has 0 amide bonds. The molecule has 2 aliphatic rings. The Hall–Kier alpha value is -1.00. The van der Waals surface area contributed by atoms with Gasteiger partial charge in [-0.3, -0.25) is 0 Å². The summed E-state index contributed by atoms with van der Waals surface area (Å²) in [4.78, 5) is 9.25. The summed E-state index contributed by atoms with van der Waals surface area (Å²) in [6.45, 7) is 1.95. The van der Waals surface area contributed by atoms with Crippen molar-refractivity contribution in [1.29, 1.82) is 0 Å². The third-order valence-electron chi connectivity index (χ3n) is 3.98. The number of nitrogens with one attached hydrogen (secondary N) is 1. The summed E-state index contributed by atoms with van der Waals surface area (Å²) in [5.74, 6) is 1.64. The maximum atomic E-state index is 5.65. The van der Waals surface area contributed by atoms with Crippen molar-refractivity contribution in [3.05, 3.63) is 23.3 Å². The SMILES string of the molecule is CNCC1CCc2nc(C3CCCO3)ncc2C1. The zero-order chi connectivity index (χ0) is 12.4. The highest BCUT2D eigenvalue weighted by molar-refractivity contribution is 5.22. The van der Waals surface area contributed by atoms with Gasteiger partial charge in [-0.1, -0.05) is 0 Å². The molecule has 18 heavy (non-hydrogen) atoms. The Kier molecular flexibility index (Phi) is 3.57. The molecule has 98 valence electrons. The van der Waals surface area contributed by atoms with Crippen LogP contribution in [-0.4, -0.2) is 30.2 Å². The molecule has 1 aliphatic carbocycles. The van der Waals surface area contributed by atoms with E-state index in [9.17, 15) is 0 Å². The van der Waals surface area contributed by atoms with Crippen LogP contribution in [0.1, 0.15) is 42.4 Å².